The second-order valence-electron chi connectivity index (χ2n) is 13.9. The van der Waals surface area contributed by atoms with E-state index in [-0.39, 0.29) is 32.0 Å². The summed E-state index contributed by atoms with van der Waals surface area (Å²) in [6.07, 6.45) is 28.5. The van der Waals surface area contributed by atoms with Crippen molar-refractivity contribution in [2.45, 2.75) is 125 Å². The predicted molar refractivity (Wildman–Crippen MR) is 199 cm³/mol. The molecule has 0 aliphatic heterocycles. The zero-order chi connectivity index (χ0) is 36.6. The van der Waals surface area contributed by atoms with E-state index in [0.717, 1.165) is 76.3 Å². The molecule has 2 amide bonds. The van der Waals surface area contributed by atoms with E-state index in [1.54, 1.807) is 48.6 Å². The number of hydrogen-bond acceptors (Lipinski definition) is 2. The Morgan fingerprint density at radius 2 is 0.863 bits per heavy atom. The summed E-state index contributed by atoms with van der Waals surface area (Å²) in [7, 11) is 0. The Labute approximate surface area is 305 Å². The Morgan fingerprint density at radius 1 is 0.529 bits per heavy atom. The van der Waals surface area contributed by atoms with Crippen molar-refractivity contribution in [3.8, 4) is 0 Å². The van der Waals surface area contributed by atoms with Gasteiger partial charge >= 0.3 is 280 Å². The molecule has 0 spiro atoms. The second kappa shape index (κ2) is 20.7. The van der Waals surface area contributed by atoms with Gasteiger partial charge < -0.3 is 0 Å². The van der Waals surface area contributed by atoms with Crippen molar-refractivity contribution in [2.24, 2.45) is 0 Å². The number of allylic oxidation sites excluding steroid dienone is 8. The summed E-state index contributed by atoms with van der Waals surface area (Å²) in [6, 6.07) is 4.52. The number of amides is 2. The molecule has 2 aromatic carbocycles. The fourth-order valence-electron chi connectivity index (χ4n) is 7.45. The normalized spacial score (nSPS) is 14.2. The van der Waals surface area contributed by atoms with Gasteiger partial charge in [0.2, 0.25) is 0 Å². The molecule has 0 fully saturated rings. The molecule has 0 saturated carbocycles. The summed E-state index contributed by atoms with van der Waals surface area (Å²) in [5, 5.41) is 5.26. The molecule has 0 radical (unpaired) electrons. The average molecular weight is 743 g/mol. The molecule has 0 aromatic heterocycles. The van der Waals surface area contributed by atoms with Gasteiger partial charge in [0, 0.05) is 0 Å². The summed E-state index contributed by atoms with van der Waals surface area (Å²) in [5.74, 6) is -4.68. The van der Waals surface area contributed by atoms with Gasteiger partial charge in [-0.1, -0.05) is 26.7 Å². The van der Waals surface area contributed by atoms with Crippen LogP contribution >= 0.6 is 0 Å². The quantitative estimate of drug-likeness (QED) is 0.0717. The van der Waals surface area contributed by atoms with Crippen molar-refractivity contribution in [1.82, 2.24) is 0 Å². The van der Waals surface area contributed by atoms with Crippen LogP contribution in [0.1, 0.15) is 117 Å². The third kappa shape index (κ3) is 10.4. The summed E-state index contributed by atoms with van der Waals surface area (Å²) in [5.41, 5.74) is -0.433. The van der Waals surface area contributed by atoms with Crippen LogP contribution in [0.4, 0.5) is 28.9 Å². The van der Waals surface area contributed by atoms with E-state index in [1.165, 1.54) is 25.0 Å². The molecule has 9 heteroatoms. The van der Waals surface area contributed by atoms with Gasteiger partial charge in [0.15, 0.2) is 0 Å². The van der Waals surface area contributed by atoms with Crippen LogP contribution in [-0.2, 0) is 26.2 Å². The molecule has 0 atom stereocenters. The van der Waals surface area contributed by atoms with Gasteiger partial charge in [0.25, 0.3) is 0 Å². The van der Waals surface area contributed by atoms with Crippen molar-refractivity contribution in [2.75, 3.05) is 10.6 Å². The Kier molecular flexibility index (Phi) is 16.5. The summed E-state index contributed by atoms with van der Waals surface area (Å²) < 4.78 is 64.5. The van der Waals surface area contributed by atoms with E-state index in [4.69, 9.17) is 0 Å². The van der Waals surface area contributed by atoms with E-state index < -0.39 is 60.1 Å². The minimum absolute atomic E-state index is 0.179. The first-order valence-electron chi connectivity index (χ1n) is 19.0. The van der Waals surface area contributed by atoms with Gasteiger partial charge in [-0.2, -0.15) is 0 Å². The minimum atomic E-state index is -5.06. The van der Waals surface area contributed by atoms with Crippen molar-refractivity contribution < 1.29 is 43.7 Å². The summed E-state index contributed by atoms with van der Waals surface area (Å²) in [6.45, 7) is 4.31. The topological polar surface area (TPSA) is 58.2 Å². The predicted octanol–water partition coefficient (Wildman–Crippen LogP) is 11.3. The van der Waals surface area contributed by atoms with E-state index >= 15 is 17.6 Å². The van der Waals surface area contributed by atoms with Crippen LogP contribution < -0.4 is 18.4 Å². The third-order valence-electron chi connectivity index (χ3n) is 10.1. The Balaban J connectivity index is 1.68. The molecule has 276 valence electrons. The van der Waals surface area contributed by atoms with Gasteiger partial charge in [-0.05, 0) is 0 Å². The third-order valence-corrected chi connectivity index (χ3v) is 18.6. The first kappa shape index (κ1) is 40.5. The molecule has 2 aliphatic rings. The zero-order valence-electron chi connectivity index (χ0n) is 30.2. The number of anilines is 2. The number of nitrogens with one attached hydrogen (secondary N) is 2. The Hall–Kier alpha value is -3.23. The molecular formula is C42H54F4N2O2Ti. The maximum absolute atomic E-state index is 17.0. The van der Waals surface area contributed by atoms with Crippen LogP contribution in [0.2, 0.25) is 8.45 Å². The Morgan fingerprint density at radius 3 is 1.22 bits per heavy atom. The molecule has 2 aromatic rings. The summed E-state index contributed by atoms with van der Waals surface area (Å²) >= 11 is -5.06. The second-order valence-corrected chi connectivity index (χ2v) is 20.2. The molecule has 4 nitrogen and oxygen atoms in total. The van der Waals surface area contributed by atoms with E-state index in [2.05, 4.69) is 24.5 Å². The maximum atomic E-state index is 17.0. The number of halogens is 4. The van der Waals surface area contributed by atoms with Crippen molar-refractivity contribution in [1.29, 1.82) is 0 Å². The molecule has 2 N–H and O–H groups in total. The summed E-state index contributed by atoms with van der Waals surface area (Å²) in [4.78, 5) is 26.0. The van der Waals surface area contributed by atoms with E-state index in [1.807, 2.05) is 0 Å². The Bertz CT molecular complexity index is 1460. The van der Waals surface area contributed by atoms with Crippen LogP contribution in [0.3, 0.4) is 0 Å². The number of unbranched alkanes of at least 4 members (excludes halogenated alkanes) is 12. The molecule has 0 heterocycles. The molecular weight excluding hydrogens is 688 g/mol. The first-order chi connectivity index (χ1) is 24.7. The van der Waals surface area contributed by atoms with Crippen LogP contribution in [0.25, 0.3) is 0 Å². The van der Waals surface area contributed by atoms with E-state index in [0.29, 0.717) is 12.8 Å². The van der Waals surface area contributed by atoms with Crippen molar-refractivity contribution in [3.05, 3.63) is 96.1 Å². The van der Waals surface area contributed by atoms with E-state index in [9.17, 15) is 9.59 Å². The fourth-order valence-corrected chi connectivity index (χ4v) is 16.3. The van der Waals surface area contributed by atoms with Gasteiger partial charge in [-0.3, -0.25) is 0 Å². The van der Waals surface area contributed by atoms with Crippen LogP contribution in [-0.4, -0.2) is 11.8 Å². The molecule has 0 saturated heterocycles. The number of carbonyl (C=O) groups is 2. The molecule has 0 bridgehead atoms. The molecule has 2 aliphatic carbocycles. The van der Waals surface area contributed by atoms with Crippen LogP contribution in [0.15, 0.2) is 72.9 Å². The van der Waals surface area contributed by atoms with Crippen LogP contribution in [0, 0.1) is 23.3 Å². The molecule has 0 unspecified atom stereocenters. The SMILES string of the molecule is CCCCCCCCCC(=O)Nc1ccc(F)[c]([Ti]([c]2c(F)ccc(NC(=O)CCCCCCCCC)c2F)([CH]2C=CC=C2)[CH]2C=CC=C2)c1F. The molecule has 4 rings (SSSR count). The monoisotopic (exact) mass is 742 g/mol. The van der Waals surface area contributed by atoms with Gasteiger partial charge in [-0.25, -0.2) is 0 Å². The van der Waals surface area contributed by atoms with Crippen molar-refractivity contribution in [3.63, 3.8) is 0 Å². The number of carbonyl (C=O) groups excluding carboxylic acids is 2. The van der Waals surface area contributed by atoms with Gasteiger partial charge in [-0.15, -0.1) is 0 Å². The fraction of sp³-hybridized carbons (Fsp3) is 0.476. The molecule has 51 heavy (non-hydrogen) atoms. The number of rotatable bonds is 22. The average Bonchev–Trinajstić information content (AvgIpc) is 3.86. The van der Waals surface area contributed by atoms with Crippen molar-refractivity contribution >= 4 is 30.9 Å². The van der Waals surface area contributed by atoms with Gasteiger partial charge in [0.1, 0.15) is 0 Å². The standard InChI is InChI=1S/2C16H22F2NO.2C5H5.Ti/c2*1-2-3-4-5-6-7-8-9-16(20)19-15-11-10-13(17)12-14(15)18;2*1-2-4-5-3-1;/h2*10-11H,2-9H2,1H3,(H,19,20);2*1-5H;. The van der Waals surface area contributed by atoms with Crippen LogP contribution in [0.5, 0.6) is 0 Å². The first-order valence-corrected chi connectivity index (χ1v) is 22.4. The number of benzene rings is 2. The number of hydrogen-bond donors (Lipinski definition) is 2. The van der Waals surface area contributed by atoms with Gasteiger partial charge in [0.05, 0.1) is 0 Å². The zero-order valence-corrected chi connectivity index (χ0v) is 31.8.